The van der Waals surface area contributed by atoms with Gasteiger partial charge in [0.25, 0.3) is 0 Å². The molecule has 0 spiro atoms. The van der Waals surface area contributed by atoms with Gasteiger partial charge in [0.15, 0.2) is 0 Å². The Bertz CT molecular complexity index is 713. The lowest BCUT2D eigenvalue weighted by Crippen LogP contribution is -2.47. The fourth-order valence-electron chi connectivity index (χ4n) is 3.60. The van der Waals surface area contributed by atoms with Gasteiger partial charge in [0.05, 0.1) is 18.1 Å². The Hall–Kier alpha value is -1.31. The van der Waals surface area contributed by atoms with Crippen molar-refractivity contribution in [2.24, 2.45) is 5.73 Å². The Morgan fingerprint density at radius 1 is 1.28 bits per heavy atom. The van der Waals surface area contributed by atoms with Crippen molar-refractivity contribution in [1.29, 1.82) is 0 Å². The highest BCUT2D eigenvalue weighted by atomic mass is 35.5. The summed E-state index contributed by atoms with van der Waals surface area (Å²) in [6, 6.07) is 10.1. The summed E-state index contributed by atoms with van der Waals surface area (Å²) in [5.74, 6) is -0.0921. The maximum atomic E-state index is 12.3. The van der Waals surface area contributed by atoms with Crippen molar-refractivity contribution in [3.05, 3.63) is 54.1 Å². The van der Waals surface area contributed by atoms with Gasteiger partial charge in [-0.15, -0.1) is 37.2 Å². The maximum Gasteiger partial charge on any atom is 0.237 e. The predicted molar refractivity (Wildman–Crippen MR) is 124 cm³/mol. The smallest absolute Gasteiger partial charge is 0.237 e. The third-order valence-electron chi connectivity index (χ3n) is 5.08. The highest BCUT2D eigenvalue weighted by Gasteiger charge is 2.24. The average Bonchev–Trinajstić information content (AvgIpc) is 3.29. The molecule has 2 heterocycles. The first-order chi connectivity index (χ1) is 12.7. The number of nitrogens with two attached hydrogens (primary N) is 1. The molecule has 6 nitrogen and oxygen atoms in total. The summed E-state index contributed by atoms with van der Waals surface area (Å²) >= 11 is 0. The van der Waals surface area contributed by atoms with Crippen LogP contribution in [0.5, 0.6) is 0 Å². The molecule has 0 saturated carbocycles. The zero-order chi connectivity index (χ0) is 18.4. The second-order valence-corrected chi connectivity index (χ2v) is 7.00. The number of likely N-dealkylation sites (N-methyl/N-ethyl adjacent to an activating group) is 1. The zero-order valence-electron chi connectivity index (χ0n) is 16.7. The molecular weight excluding hydrogens is 433 g/mol. The summed E-state index contributed by atoms with van der Waals surface area (Å²) in [6.07, 6.45) is 6.57. The summed E-state index contributed by atoms with van der Waals surface area (Å²) in [4.78, 5) is 19.1. The third-order valence-corrected chi connectivity index (χ3v) is 5.08. The number of hydrogen-bond donors (Lipinski definition) is 2. The Labute approximate surface area is 191 Å². The fourth-order valence-corrected chi connectivity index (χ4v) is 3.60. The third kappa shape index (κ3) is 8.15. The van der Waals surface area contributed by atoms with E-state index in [4.69, 9.17) is 5.73 Å². The van der Waals surface area contributed by atoms with Crippen LogP contribution in [0.4, 0.5) is 0 Å². The quantitative estimate of drug-likeness (QED) is 0.630. The van der Waals surface area contributed by atoms with E-state index < -0.39 is 6.04 Å². The maximum absolute atomic E-state index is 12.3. The van der Waals surface area contributed by atoms with Gasteiger partial charge in [0.1, 0.15) is 0 Å². The van der Waals surface area contributed by atoms with E-state index in [2.05, 4.69) is 34.3 Å². The van der Waals surface area contributed by atoms with Crippen LogP contribution in [0.25, 0.3) is 0 Å². The minimum absolute atomic E-state index is 0. The van der Waals surface area contributed by atoms with Crippen LogP contribution in [-0.4, -0.2) is 52.1 Å². The molecule has 1 unspecified atom stereocenters. The molecular formula is C20H32Cl3N5O. The Morgan fingerprint density at radius 2 is 2.00 bits per heavy atom. The van der Waals surface area contributed by atoms with Gasteiger partial charge in [0, 0.05) is 31.7 Å². The number of aromatic nitrogens is 2. The Kier molecular flexibility index (Phi) is 13.2. The van der Waals surface area contributed by atoms with E-state index in [1.807, 2.05) is 29.0 Å². The van der Waals surface area contributed by atoms with E-state index in [0.717, 1.165) is 31.7 Å². The summed E-state index contributed by atoms with van der Waals surface area (Å²) in [6.45, 7) is 5.78. The average molecular weight is 465 g/mol. The van der Waals surface area contributed by atoms with Gasteiger partial charge in [-0.3, -0.25) is 9.69 Å². The molecule has 9 heteroatoms. The van der Waals surface area contributed by atoms with E-state index in [-0.39, 0.29) is 43.1 Å². The topological polar surface area (TPSA) is 76.2 Å². The normalized spacial score (nSPS) is 16.8. The van der Waals surface area contributed by atoms with E-state index in [1.54, 1.807) is 6.33 Å². The van der Waals surface area contributed by atoms with Crippen LogP contribution in [0.1, 0.15) is 31.0 Å². The number of rotatable bonds is 8. The molecule has 0 bridgehead atoms. The number of likely N-dealkylation sites (tertiary alicyclic amines) is 1. The molecule has 1 aromatic carbocycles. The fraction of sp³-hybridized carbons (Fsp3) is 0.500. The summed E-state index contributed by atoms with van der Waals surface area (Å²) in [7, 11) is 0. The number of carbonyl (C=O) groups is 1. The number of halogens is 3. The van der Waals surface area contributed by atoms with Crippen LogP contribution in [-0.2, 0) is 17.8 Å². The van der Waals surface area contributed by atoms with Gasteiger partial charge >= 0.3 is 0 Å². The highest BCUT2D eigenvalue weighted by molar-refractivity contribution is 5.86. The molecule has 3 N–H and O–H groups in total. The molecule has 1 aliphatic heterocycles. The number of nitrogens with one attached hydrogen (secondary N) is 1. The number of nitrogens with zero attached hydrogens (tertiary/aromatic N) is 3. The monoisotopic (exact) mass is 463 g/mol. The van der Waals surface area contributed by atoms with Crippen LogP contribution in [0.15, 0.2) is 42.9 Å². The van der Waals surface area contributed by atoms with Crippen molar-refractivity contribution in [3.8, 4) is 0 Å². The van der Waals surface area contributed by atoms with Crippen molar-refractivity contribution < 1.29 is 4.79 Å². The van der Waals surface area contributed by atoms with Gasteiger partial charge in [0.2, 0.25) is 5.91 Å². The lowest BCUT2D eigenvalue weighted by molar-refractivity contribution is -0.122. The van der Waals surface area contributed by atoms with Crippen molar-refractivity contribution in [2.45, 2.75) is 44.8 Å². The van der Waals surface area contributed by atoms with Gasteiger partial charge < -0.3 is 15.6 Å². The summed E-state index contributed by atoms with van der Waals surface area (Å²) < 4.78 is 2.02. The second kappa shape index (κ2) is 13.8. The van der Waals surface area contributed by atoms with Gasteiger partial charge in [-0.1, -0.05) is 37.3 Å². The number of carbonyl (C=O) groups excluding carboxylic acids is 1. The first-order valence-electron chi connectivity index (χ1n) is 9.47. The SMILES string of the molecule is CCN1CCCC1CNC(=O)[C@@H](N)Cc1cn(Cc2ccccc2)cn1.Cl.Cl.Cl. The second-order valence-electron chi connectivity index (χ2n) is 7.00. The molecule has 1 fully saturated rings. The molecule has 1 saturated heterocycles. The summed E-state index contributed by atoms with van der Waals surface area (Å²) in [5, 5.41) is 3.02. The first-order valence-corrected chi connectivity index (χ1v) is 9.47. The molecule has 0 aliphatic carbocycles. The molecule has 0 radical (unpaired) electrons. The zero-order valence-corrected chi connectivity index (χ0v) is 19.1. The first kappa shape index (κ1) is 27.7. The van der Waals surface area contributed by atoms with E-state index in [0.29, 0.717) is 19.0 Å². The van der Waals surface area contributed by atoms with Gasteiger partial charge in [-0.2, -0.15) is 0 Å². The van der Waals surface area contributed by atoms with E-state index >= 15 is 0 Å². The molecule has 2 atom stereocenters. The molecule has 29 heavy (non-hydrogen) atoms. The largest absolute Gasteiger partial charge is 0.353 e. The highest BCUT2D eigenvalue weighted by Crippen LogP contribution is 2.15. The number of hydrogen-bond acceptors (Lipinski definition) is 4. The molecule has 164 valence electrons. The summed E-state index contributed by atoms with van der Waals surface area (Å²) in [5.41, 5.74) is 8.15. The van der Waals surface area contributed by atoms with Gasteiger partial charge in [-0.25, -0.2) is 4.98 Å². The lowest BCUT2D eigenvalue weighted by Gasteiger charge is -2.23. The van der Waals surface area contributed by atoms with Crippen molar-refractivity contribution in [3.63, 3.8) is 0 Å². The molecule has 3 rings (SSSR count). The lowest BCUT2D eigenvalue weighted by atomic mass is 10.1. The van der Waals surface area contributed by atoms with E-state index in [9.17, 15) is 4.79 Å². The van der Waals surface area contributed by atoms with Crippen LogP contribution in [0.2, 0.25) is 0 Å². The van der Waals surface area contributed by atoms with Crippen molar-refractivity contribution >= 4 is 43.1 Å². The van der Waals surface area contributed by atoms with Crippen molar-refractivity contribution in [2.75, 3.05) is 19.6 Å². The van der Waals surface area contributed by atoms with Crippen molar-refractivity contribution in [1.82, 2.24) is 19.8 Å². The predicted octanol–water partition coefficient (Wildman–Crippen LogP) is 2.67. The minimum atomic E-state index is -0.563. The van der Waals surface area contributed by atoms with Crippen LogP contribution in [0.3, 0.4) is 0 Å². The standard InChI is InChI=1S/C20H29N5O.3ClH/c1-2-25-10-6-9-18(25)12-22-20(26)19(21)11-17-14-24(15-23-17)13-16-7-4-3-5-8-16;;;/h3-5,7-8,14-15,18-19H,2,6,9-13,21H2,1H3,(H,22,26);3*1H/t18?,19-;;;/m0.../s1. The Morgan fingerprint density at radius 3 is 2.69 bits per heavy atom. The molecule has 1 aliphatic rings. The van der Waals surface area contributed by atoms with Crippen LogP contribution >= 0.6 is 37.2 Å². The molecule has 1 aromatic heterocycles. The minimum Gasteiger partial charge on any atom is -0.353 e. The molecule has 2 aromatic rings. The number of amides is 1. The van der Waals surface area contributed by atoms with E-state index in [1.165, 1.54) is 12.0 Å². The van der Waals surface area contributed by atoms with Crippen LogP contribution < -0.4 is 11.1 Å². The van der Waals surface area contributed by atoms with Crippen LogP contribution in [0, 0.1) is 0 Å². The van der Waals surface area contributed by atoms with Gasteiger partial charge in [-0.05, 0) is 31.5 Å². The number of imidazole rings is 1. The Balaban J connectivity index is 0.00000261. The molecule has 1 amide bonds. The number of benzene rings is 1.